The molecule has 2 aromatic rings. The molecule has 0 fully saturated rings. The summed E-state index contributed by atoms with van der Waals surface area (Å²) in [5.74, 6) is 0. The molecule has 29 heavy (non-hydrogen) atoms. The van der Waals surface area contributed by atoms with Crippen LogP contribution in [0.4, 0.5) is 13.2 Å². The van der Waals surface area contributed by atoms with E-state index in [0.717, 1.165) is 36.5 Å². The van der Waals surface area contributed by atoms with Gasteiger partial charge in [0.15, 0.2) is 0 Å². The van der Waals surface area contributed by atoms with Crippen molar-refractivity contribution >= 4 is 26.8 Å². The smallest absolute Gasteiger partial charge is 0.324 e. The molecule has 0 aliphatic rings. The third-order valence-corrected chi connectivity index (χ3v) is 4.59. The third-order valence-electron chi connectivity index (χ3n) is 3.09. The lowest BCUT2D eigenvalue weighted by molar-refractivity contribution is -0.137. The predicted molar refractivity (Wildman–Crippen MR) is 102 cm³/mol. The van der Waals surface area contributed by atoms with Crippen molar-refractivity contribution in [2.75, 3.05) is 6.66 Å². The van der Waals surface area contributed by atoms with Crippen molar-refractivity contribution in [1.82, 2.24) is 5.48 Å². The van der Waals surface area contributed by atoms with Crippen LogP contribution in [0.5, 0.6) is 0 Å². The molecular formula is C16H19ClF3NO6P2. The van der Waals surface area contributed by atoms with Crippen LogP contribution >= 0.6 is 26.8 Å². The van der Waals surface area contributed by atoms with Gasteiger partial charge in [0.25, 0.3) is 0 Å². The normalized spacial score (nSPS) is 13.9. The zero-order chi connectivity index (χ0) is 22.3. The van der Waals surface area contributed by atoms with Crippen LogP contribution in [0.15, 0.2) is 48.5 Å². The van der Waals surface area contributed by atoms with Gasteiger partial charge in [0.05, 0.1) is 11.7 Å². The minimum absolute atomic E-state index is 0.177. The number of hydrogen-bond acceptors (Lipinski definition) is 4. The molecule has 0 spiro atoms. The monoisotopic (exact) mass is 475 g/mol. The van der Waals surface area contributed by atoms with E-state index in [4.69, 9.17) is 26.3 Å². The summed E-state index contributed by atoms with van der Waals surface area (Å²) in [5.41, 5.74) is 2.67. The second-order valence-electron chi connectivity index (χ2n) is 5.86. The lowest BCUT2D eigenvalue weighted by Crippen LogP contribution is -2.11. The number of hydroxylamine groups is 1. The maximum Gasteiger partial charge on any atom is 0.416 e. The first kappa shape index (κ1) is 25.8. The van der Waals surface area contributed by atoms with Gasteiger partial charge in [0.1, 0.15) is 0 Å². The van der Waals surface area contributed by atoms with Gasteiger partial charge >= 0.3 is 21.4 Å². The summed E-state index contributed by atoms with van der Waals surface area (Å²) in [5, 5.41) is 0.651. The maximum atomic E-state index is 12.1. The van der Waals surface area contributed by atoms with Gasteiger partial charge in [-0.25, -0.2) is 4.62 Å². The quantitative estimate of drug-likeness (QED) is 0.357. The summed E-state index contributed by atoms with van der Waals surface area (Å²) in [6, 6.07) is 10.8. The van der Waals surface area contributed by atoms with Crippen LogP contribution in [0.3, 0.4) is 0 Å². The summed E-state index contributed by atoms with van der Waals surface area (Å²) < 4.78 is 62.1. The Hall–Kier alpha value is -1.22. The van der Waals surface area contributed by atoms with Crippen molar-refractivity contribution < 1.29 is 41.6 Å². The second kappa shape index (κ2) is 10.7. The molecule has 0 saturated heterocycles. The van der Waals surface area contributed by atoms with Crippen molar-refractivity contribution in [3.05, 3.63) is 70.2 Å². The number of alkyl halides is 3. The molecule has 2 rings (SSSR count). The minimum atomic E-state index is -4.43. The van der Waals surface area contributed by atoms with Gasteiger partial charge in [-0.3, -0.25) is 9.13 Å². The highest BCUT2D eigenvalue weighted by Crippen LogP contribution is 2.39. The van der Waals surface area contributed by atoms with E-state index >= 15 is 0 Å². The fourth-order valence-electron chi connectivity index (χ4n) is 1.87. The van der Waals surface area contributed by atoms with Gasteiger partial charge in [-0.05, 0) is 35.4 Å². The Labute approximate surface area is 170 Å². The summed E-state index contributed by atoms with van der Waals surface area (Å²) in [6.45, 7) is 1.47. The Bertz CT molecular complexity index is 866. The van der Waals surface area contributed by atoms with Gasteiger partial charge in [-0.1, -0.05) is 35.9 Å². The molecule has 162 valence electrons. The van der Waals surface area contributed by atoms with Crippen LogP contribution in [0.25, 0.3) is 0 Å². The van der Waals surface area contributed by atoms with E-state index < -0.39 is 33.1 Å². The van der Waals surface area contributed by atoms with Crippen LogP contribution in [-0.4, -0.2) is 21.3 Å². The van der Waals surface area contributed by atoms with E-state index in [1.165, 1.54) is 0 Å². The third kappa shape index (κ3) is 12.2. The van der Waals surface area contributed by atoms with Crippen molar-refractivity contribution in [2.45, 2.75) is 18.9 Å². The number of halogens is 4. The highest BCUT2D eigenvalue weighted by atomic mass is 35.5. The van der Waals surface area contributed by atoms with Crippen molar-refractivity contribution in [3.8, 4) is 0 Å². The minimum Gasteiger partial charge on any atom is -0.324 e. The van der Waals surface area contributed by atoms with Gasteiger partial charge < -0.3 is 14.7 Å². The molecule has 0 radical (unpaired) electrons. The van der Waals surface area contributed by atoms with E-state index in [0.29, 0.717) is 11.6 Å². The molecule has 0 bridgehead atoms. The van der Waals surface area contributed by atoms with Gasteiger partial charge in [0, 0.05) is 18.2 Å². The Morgan fingerprint density at radius 3 is 1.86 bits per heavy atom. The Morgan fingerprint density at radius 1 is 0.966 bits per heavy atom. The van der Waals surface area contributed by atoms with Crippen LogP contribution in [0.1, 0.15) is 16.7 Å². The topological polar surface area (TPSA) is 116 Å². The number of hydrogen-bond donors (Lipinski definition) is 4. The Morgan fingerprint density at radius 2 is 1.45 bits per heavy atom. The largest absolute Gasteiger partial charge is 0.416 e. The molecule has 1 atom stereocenters. The molecule has 0 amide bonds. The lowest BCUT2D eigenvalue weighted by Gasteiger charge is -2.08. The average Bonchev–Trinajstić information content (AvgIpc) is 2.54. The van der Waals surface area contributed by atoms with E-state index in [9.17, 15) is 22.3 Å². The molecule has 0 saturated carbocycles. The van der Waals surface area contributed by atoms with Crippen molar-refractivity contribution in [3.63, 3.8) is 0 Å². The first-order valence-corrected chi connectivity index (χ1v) is 12.0. The van der Waals surface area contributed by atoms with E-state index in [-0.39, 0.29) is 5.56 Å². The Balaban J connectivity index is 0.000000291. The maximum absolute atomic E-state index is 12.1. The second-order valence-corrected chi connectivity index (χ2v) is 9.73. The zero-order valence-corrected chi connectivity index (χ0v) is 17.6. The van der Waals surface area contributed by atoms with Gasteiger partial charge in [-0.2, -0.15) is 18.7 Å². The zero-order valence-electron chi connectivity index (χ0n) is 15.0. The van der Waals surface area contributed by atoms with Crippen LogP contribution in [-0.2, 0) is 32.6 Å². The standard InChI is InChI=1S/C8H11ClNO3P.C8H8F3O3P/c1-14(11,12)13-10-6-7-2-4-8(9)5-3-7;9-8(10,11)7-3-1-6(2-4-7)5-15(12,13)14/h2-5,10H,6H2,1H3,(H,11,12);1-4H,5H2,(H2,12,13,14). The summed E-state index contributed by atoms with van der Waals surface area (Å²) >= 11 is 5.68. The van der Waals surface area contributed by atoms with Crippen LogP contribution in [0, 0.1) is 0 Å². The summed E-state index contributed by atoms with van der Waals surface area (Å²) in [6.07, 6.45) is -4.98. The highest BCUT2D eigenvalue weighted by molar-refractivity contribution is 7.51. The van der Waals surface area contributed by atoms with Crippen LogP contribution in [0.2, 0.25) is 5.02 Å². The predicted octanol–water partition coefficient (Wildman–Crippen LogP) is 4.56. The molecule has 4 N–H and O–H groups in total. The molecule has 0 heterocycles. The molecule has 0 aromatic heterocycles. The van der Waals surface area contributed by atoms with Crippen molar-refractivity contribution in [1.29, 1.82) is 0 Å². The molecule has 0 aliphatic carbocycles. The van der Waals surface area contributed by atoms with E-state index in [2.05, 4.69) is 10.1 Å². The van der Waals surface area contributed by atoms with Crippen molar-refractivity contribution in [2.24, 2.45) is 0 Å². The number of nitrogens with one attached hydrogen (secondary N) is 1. The fraction of sp³-hybridized carbons (Fsp3) is 0.250. The first-order valence-electron chi connectivity index (χ1n) is 7.82. The fourth-order valence-corrected chi connectivity index (χ4v) is 2.99. The molecule has 13 heteroatoms. The summed E-state index contributed by atoms with van der Waals surface area (Å²) in [4.78, 5) is 26.0. The Kier molecular flexibility index (Phi) is 9.53. The molecule has 2 aromatic carbocycles. The molecular weight excluding hydrogens is 457 g/mol. The summed E-state index contributed by atoms with van der Waals surface area (Å²) in [7, 11) is -7.67. The molecule has 7 nitrogen and oxygen atoms in total. The lowest BCUT2D eigenvalue weighted by atomic mass is 10.1. The SMILES string of the molecule is CP(=O)(O)ONCc1ccc(Cl)cc1.O=P(O)(O)Cc1ccc(C(F)(F)F)cc1. The van der Waals surface area contributed by atoms with Crippen LogP contribution < -0.4 is 5.48 Å². The van der Waals surface area contributed by atoms with Gasteiger partial charge in [0.2, 0.25) is 0 Å². The van der Waals surface area contributed by atoms with E-state index in [1.54, 1.807) is 24.3 Å². The molecule has 0 aliphatic heterocycles. The number of benzene rings is 2. The molecule has 1 unspecified atom stereocenters. The number of rotatable bonds is 6. The average molecular weight is 476 g/mol. The highest BCUT2D eigenvalue weighted by Gasteiger charge is 2.30. The van der Waals surface area contributed by atoms with Gasteiger partial charge in [-0.15, -0.1) is 0 Å². The first-order chi connectivity index (χ1) is 13.2. The van der Waals surface area contributed by atoms with E-state index in [1.807, 2.05) is 0 Å².